The molecule has 2 aliphatic rings. The predicted molar refractivity (Wildman–Crippen MR) is 107 cm³/mol. The van der Waals surface area contributed by atoms with E-state index in [1.807, 2.05) is 0 Å². The van der Waals surface area contributed by atoms with Crippen molar-refractivity contribution in [3.63, 3.8) is 0 Å². The minimum absolute atomic E-state index is 0. The number of unbranched alkanes of at least 4 members (excludes halogenated alkanes) is 2. The molecular formula is C22H36Cl2SiZr-2. The molecule has 0 atom stereocenters. The summed E-state index contributed by atoms with van der Waals surface area (Å²) in [5.74, 6) is 0. The van der Waals surface area contributed by atoms with Crippen LogP contribution in [-0.4, -0.2) is 5.43 Å². The zero-order chi connectivity index (χ0) is 18.4. The van der Waals surface area contributed by atoms with Crippen molar-refractivity contribution in [2.45, 2.75) is 92.2 Å². The van der Waals surface area contributed by atoms with E-state index >= 15 is 0 Å². The smallest absolute Gasteiger partial charge is 1.00 e. The maximum Gasteiger partial charge on any atom is -1.00 e. The Hall–Kier alpha value is 0.640. The van der Waals surface area contributed by atoms with Gasteiger partial charge in [0, 0.05) is 0 Å². The van der Waals surface area contributed by atoms with Gasteiger partial charge in [-0.3, -0.25) is 12.2 Å². The molecule has 0 unspecified atom stereocenters. The molecule has 0 spiro atoms. The van der Waals surface area contributed by atoms with Gasteiger partial charge in [0.1, 0.15) is 0 Å². The van der Waals surface area contributed by atoms with Crippen molar-refractivity contribution in [2.75, 3.05) is 0 Å². The molecule has 0 saturated heterocycles. The minimum atomic E-state index is 0. The number of rotatable bonds is 6. The first kappa shape index (κ1) is 31.3. The van der Waals surface area contributed by atoms with Crippen LogP contribution in [0.1, 0.15) is 79.1 Å². The monoisotopic (exact) mass is 488 g/mol. The first-order valence-electron chi connectivity index (χ1n) is 9.44. The molecule has 0 heterocycles. The SMILES string of the molecule is CCCCC1=CC(C)=[C-]C1.CCCCC1=CC(C)=[C-]C1.C[Si](C)=[Zr+2].[Cl-].[Cl-]. The summed E-state index contributed by atoms with van der Waals surface area (Å²) in [6, 6.07) is 0. The van der Waals surface area contributed by atoms with Crippen molar-refractivity contribution >= 4 is 5.43 Å². The average Bonchev–Trinajstić information content (AvgIpc) is 3.11. The molecule has 0 N–H and O–H groups in total. The van der Waals surface area contributed by atoms with Crippen molar-refractivity contribution in [3.05, 3.63) is 46.6 Å². The van der Waals surface area contributed by atoms with Crippen molar-refractivity contribution in [2.24, 2.45) is 0 Å². The molecule has 0 fully saturated rings. The van der Waals surface area contributed by atoms with Gasteiger partial charge < -0.3 is 24.8 Å². The van der Waals surface area contributed by atoms with Gasteiger partial charge in [-0.1, -0.05) is 53.4 Å². The van der Waals surface area contributed by atoms with Gasteiger partial charge in [-0.25, -0.2) is 23.3 Å². The van der Waals surface area contributed by atoms with Gasteiger partial charge in [-0.05, 0) is 12.8 Å². The Morgan fingerprint density at radius 1 is 0.846 bits per heavy atom. The molecule has 2 rings (SSSR count). The van der Waals surface area contributed by atoms with E-state index in [0.717, 1.165) is 12.8 Å². The van der Waals surface area contributed by atoms with Crippen LogP contribution < -0.4 is 24.8 Å². The molecule has 0 amide bonds. The number of hydrogen-bond donors (Lipinski definition) is 0. The second-order valence-corrected chi connectivity index (χ2v) is 16.3. The molecule has 0 nitrogen and oxygen atoms in total. The normalized spacial score (nSPS) is 14.2. The Labute approximate surface area is 191 Å². The van der Waals surface area contributed by atoms with Gasteiger partial charge in [0.15, 0.2) is 0 Å². The standard InChI is InChI=1S/2C10H15.C2H6Si.2ClH.Zr/c2*1-3-4-5-10-7-6-9(2)8-10;1-3-2;;;/h2*8H,3-5,7H2,1-2H3;1-2H3;2*1H;/q2*-1;;;;+2/p-2. The van der Waals surface area contributed by atoms with Crippen molar-refractivity contribution in [1.82, 2.24) is 0 Å². The molecule has 2 aliphatic carbocycles. The molecule has 0 aromatic rings. The van der Waals surface area contributed by atoms with Gasteiger partial charge in [-0.2, -0.15) is 11.1 Å². The molecule has 4 heteroatoms. The fourth-order valence-electron chi connectivity index (χ4n) is 2.45. The van der Waals surface area contributed by atoms with E-state index in [4.69, 9.17) is 0 Å². The largest absolute Gasteiger partial charge is 1.00 e. The van der Waals surface area contributed by atoms with Crippen molar-refractivity contribution in [1.29, 1.82) is 0 Å². The Morgan fingerprint density at radius 2 is 1.15 bits per heavy atom. The topological polar surface area (TPSA) is 0 Å². The van der Waals surface area contributed by atoms with Crippen LogP contribution in [0.2, 0.25) is 13.1 Å². The second kappa shape index (κ2) is 20.4. The van der Waals surface area contributed by atoms with Crippen LogP contribution in [0.5, 0.6) is 0 Å². The molecule has 0 radical (unpaired) electrons. The van der Waals surface area contributed by atoms with Gasteiger partial charge in [0.25, 0.3) is 0 Å². The molecule has 0 bridgehead atoms. The van der Waals surface area contributed by atoms with Crippen molar-refractivity contribution in [3.8, 4) is 0 Å². The number of hydrogen-bond acceptors (Lipinski definition) is 0. The summed E-state index contributed by atoms with van der Waals surface area (Å²) in [4.78, 5) is 0. The predicted octanol–water partition coefficient (Wildman–Crippen LogP) is 1.30. The first-order chi connectivity index (χ1) is 11.4. The van der Waals surface area contributed by atoms with E-state index < -0.39 is 0 Å². The molecule has 0 aliphatic heterocycles. The van der Waals surface area contributed by atoms with E-state index in [0.29, 0.717) is 0 Å². The molecule has 0 saturated carbocycles. The zero-order valence-corrected chi connectivity index (χ0v) is 22.5. The molecule has 148 valence electrons. The summed E-state index contributed by atoms with van der Waals surface area (Å²) in [5, 5.41) is 0. The summed E-state index contributed by atoms with van der Waals surface area (Å²) >= 11 is 1.74. The quantitative estimate of drug-likeness (QED) is 0.389. The summed E-state index contributed by atoms with van der Waals surface area (Å²) in [6.45, 7) is 13.3. The number of halogens is 2. The van der Waals surface area contributed by atoms with Crippen LogP contribution in [0.25, 0.3) is 0 Å². The first-order valence-corrected chi connectivity index (χ1v) is 15.6. The van der Waals surface area contributed by atoms with Crippen molar-refractivity contribution < 1.29 is 48.1 Å². The third-order valence-electron chi connectivity index (χ3n) is 3.73. The van der Waals surface area contributed by atoms with E-state index in [1.54, 1.807) is 34.5 Å². The van der Waals surface area contributed by atoms with E-state index in [2.05, 4.69) is 65.1 Å². The van der Waals surface area contributed by atoms with Gasteiger partial charge in [0.05, 0.1) is 0 Å². The minimum Gasteiger partial charge on any atom is -1.00 e. The summed E-state index contributed by atoms with van der Waals surface area (Å²) in [6.07, 6.45) is 21.2. The number of allylic oxidation sites excluding steroid dienone is 8. The van der Waals surface area contributed by atoms with Crippen LogP contribution in [0.15, 0.2) is 34.4 Å². The summed E-state index contributed by atoms with van der Waals surface area (Å²) in [5.41, 5.74) is 6.00. The van der Waals surface area contributed by atoms with Gasteiger partial charge >= 0.3 is 41.9 Å². The maximum atomic E-state index is 3.30. The van der Waals surface area contributed by atoms with E-state index in [1.165, 1.54) is 49.7 Å². The van der Waals surface area contributed by atoms with Crippen LogP contribution in [0.3, 0.4) is 0 Å². The Morgan fingerprint density at radius 3 is 1.35 bits per heavy atom. The van der Waals surface area contributed by atoms with Crippen LogP contribution in [0.4, 0.5) is 0 Å². The van der Waals surface area contributed by atoms with E-state index in [-0.39, 0.29) is 30.2 Å². The maximum absolute atomic E-state index is 3.30. The summed E-state index contributed by atoms with van der Waals surface area (Å²) < 4.78 is 0. The van der Waals surface area contributed by atoms with E-state index in [9.17, 15) is 0 Å². The van der Waals surface area contributed by atoms with Crippen LogP contribution >= 0.6 is 0 Å². The summed E-state index contributed by atoms with van der Waals surface area (Å²) in [7, 11) is 0. The third-order valence-corrected chi connectivity index (χ3v) is 3.73. The second-order valence-electron chi connectivity index (χ2n) is 6.89. The Kier molecular flexibility index (Phi) is 24.6. The Balaban J connectivity index is -0.000000319. The molecular weight excluding hydrogens is 454 g/mol. The zero-order valence-electron chi connectivity index (χ0n) is 17.6. The van der Waals surface area contributed by atoms with Gasteiger partial charge in [0.2, 0.25) is 0 Å². The fourth-order valence-corrected chi connectivity index (χ4v) is 2.45. The molecule has 0 aromatic heterocycles. The fraction of sp³-hybridized carbons (Fsp3) is 0.636. The third kappa shape index (κ3) is 19.4. The van der Waals surface area contributed by atoms with Crippen LogP contribution in [0, 0.1) is 12.2 Å². The molecule has 0 aromatic carbocycles. The Bertz CT molecular complexity index is 458. The molecule has 26 heavy (non-hydrogen) atoms. The van der Waals surface area contributed by atoms with Gasteiger partial charge in [-0.15, -0.1) is 12.8 Å². The van der Waals surface area contributed by atoms with Crippen LogP contribution in [-0.2, 0) is 23.3 Å². The average molecular weight is 491 g/mol.